The van der Waals surface area contributed by atoms with Gasteiger partial charge >= 0.3 is 21.3 Å². The maximum atomic E-state index is 13.1. The molecule has 0 saturated carbocycles. The van der Waals surface area contributed by atoms with E-state index in [1.165, 1.54) is 12.1 Å². The number of halogens is 2. The molecule has 0 amide bonds. The van der Waals surface area contributed by atoms with E-state index in [2.05, 4.69) is 4.74 Å². The summed E-state index contributed by atoms with van der Waals surface area (Å²) in [7, 11) is -5.67. The summed E-state index contributed by atoms with van der Waals surface area (Å²) in [6, 6.07) is 8.04. The van der Waals surface area contributed by atoms with Gasteiger partial charge < -0.3 is 9.47 Å². The van der Waals surface area contributed by atoms with Crippen LogP contribution in [0.2, 0.25) is 0 Å². The zero-order valence-corrected chi connectivity index (χ0v) is 11.1. The fraction of sp³-hybridized carbons (Fsp3) is 0.364. The van der Waals surface area contributed by atoms with Gasteiger partial charge in [-0.25, -0.2) is 4.79 Å². The molecule has 6 nitrogen and oxygen atoms in total. The van der Waals surface area contributed by atoms with E-state index < -0.39 is 34.1 Å². The number of para-hydroxylation sites is 1. The molecule has 0 heterocycles. The average Bonchev–Trinajstić information content (AvgIpc) is 2.36. The molecule has 1 N–H and O–H groups in total. The zero-order valence-electron chi connectivity index (χ0n) is 10.3. The Hall–Kier alpha value is -1.74. The number of alkyl halides is 2. The van der Waals surface area contributed by atoms with Crippen molar-refractivity contribution in [2.45, 2.75) is 18.3 Å². The lowest BCUT2D eigenvalue weighted by atomic mass is 10.3. The third kappa shape index (κ3) is 4.14. The third-order valence-corrected chi connectivity index (χ3v) is 3.25. The molecule has 0 aliphatic rings. The Morgan fingerprint density at radius 2 is 1.90 bits per heavy atom. The molecule has 0 aromatic heterocycles. The number of esters is 1. The Kier molecular flexibility index (Phi) is 5.01. The summed E-state index contributed by atoms with van der Waals surface area (Å²) in [6.45, 7) is -0.0237. The largest absolute Gasteiger partial charge is 0.482 e. The highest BCUT2D eigenvalue weighted by atomic mass is 32.2. The molecule has 112 valence electrons. The first-order valence-electron chi connectivity index (χ1n) is 5.37. The first kappa shape index (κ1) is 16.3. The van der Waals surface area contributed by atoms with Gasteiger partial charge in [0.05, 0.1) is 0 Å². The zero-order chi connectivity index (χ0) is 15.4. The number of ether oxygens (including phenoxy) is 2. The summed E-state index contributed by atoms with van der Waals surface area (Å²) in [5, 5.41) is -4.59. The van der Waals surface area contributed by atoms with E-state index in [-0.39, 0.29) is 0 Å². The van der Waals surface area contributed by atoms with Gasteiger partial charge in [-0.1, -0.05) is 18.2 Å². The molecule has 1 unspecified atom stereocenters. The molecule has 0 bridgehead atoms. The minimum atomic E-state index is -5.67. The molecule has 20 heavy (non-hydrogen) atoms. The van der Waals surface area contributed by atoms with Crippen molar-refractivity contribution >= 4 is 16.1 Å². The summed E-state index contributed by atoms with van der Waals surface area (Å²) in [5.41, 5.74) is 0. The molecule has 0 saturated heterocycles. The fourth-order valence-corrected chi connectivity index (χ4v) is 1.64. The Morgan fingerprint density at radius 1 is 1.35 bits per heavy atom. The van der Waals surface area contributed by atoms with Gasteiger partial charge in [-0.3, -0.25) is 4.55 Å². The summed E-state index contributed by atoms with van der Waals surface area (Å²) < 4.78 is 64.5. The molecule has 0 radical (unpaired) electrons. The van der Waals surface area contributed by atoms with Gasteiger partial charge in [-0.05, 0) is 19.1 Å². The molecule has 1 aromatic carbocycles. The monoisotopic (exact) mass is 310 g/mol. The number of carbonyl (C=O) groups excluding carboxylic acids is 1. The smallest absolute Gasteiger partial charge is 0.405 e. The van der Waals surface area contributed by atoms with Crippen molar-refractivity contribution in [1.29, 1.82) is 0 Å². The van der Waals surface area contributed by atoms with Crippen LogP contribution in [0.5, 0.6) is 5.75 Å². The first-order chi connectivity index (χ1) is 9.14. The van der Waals surface area contributed by atoms with Crippen LogP contribution in [0, 0.1) is 0 Å². The fourth-order valence-electron chi connectivity index (χ4n) is 1.17. The molecular formula is C11H12F2O6S. The molecule has 1 rings (SSSR count). The van der Waals surface area contributed by atoms with E-state index in [9.17, 15) is 22.0 Å². The number of hydrogen-bond acceptors (Lipinski definition) is 5. The number of rotatable bonds is 6. The molecule has 1 aromatic rings. The molecular weight excluding hydrogens is 298 g/mol. The summed E-state index contributed by atoms with van der Waals surface area (Å²) in [4.78, 5) is 11.2. The van der Waals surface area contributed by atoms with Crippen LogP contribution in [-0.2, 0) is 19.6 Å². The van der Waals surface area contributed by atoms with Gasteiger partial charge in [0.2, 0.25) is 0 Å². The highest BCUT2D eigenvalue weighted by molar-refractivity contribution is 7.86. The van der Waals surface area contributed by atoms with Crippen molar-refractivity contribution in [3.63, 3.8) is 0 Å². The van der Waals surface area contributed by atoms with Crippen LogP contribution in [-0.4, -0.2) is 36.9 Å². The standard InChI is InChI=1S/C11H12F2O6S/c1-8(11(12,13)20(15,16)17)19-10(14)7-18-9-5-3-2-4-6-9/h2-6,8H,7H2,1H3,(H,15,16,17). The van der Waals surface area contributed by atoms with Crippen LogP contribution in [0.25, 0.3) is 0 Å². The van der Waals surface area contributed by atoms with Crippen molar-refractivity contribution in [2.24, 2.45) is 0 Å². The van der Waals surface area contributed by atoms with Gasteiger partial charge in [-0.15, -0.1) is 0 Å². The average molecular weight is 310 g/mol. The van der Waals surface area contributed by atoms with E-state index in [1.54, 1.807) is 18.2 Å². The quantitative estimate of drug-likeness (QED) is 0.632. The maximum Gasteiger partial charge on any atom is 0.405 e. The minimum absolute atomic E-state index is 0.318. The summed E-state index contributed by atoms with van der Waals surface area (Å²) in [5.74, 6) is -0.872. The van der Waals surface area contributed by atoms with Crippen LogP contribution in [0.15, 0.2) is 30.3 Å². The topological polar surface area (TPSA) is 89.9 Å². The second-order valence-corrected chi connectivity index (χ2v) is 5.27. The number of hydrogen-bond donors (Lipinski definition) is 1. The molecule has 0 aliphatic carbocycles. The van der Waals surface area contributed by atoms with Crippen molar-refractivity contribution in [3.8, 4) is 5.75 Å². The molecule has 9 heteroatoms. The van der Waals surface area contributed by atoms with Crippen LogP contribution >= 0.6 is 0 Å². The van der Waals surface area contributed by atoms with Gasteiger partial charge in [0, 0.05) is 0 Å². The Morgan fingerprint density at radius 3 is 2.40 bits per heavy atom. The van der Waals surface area contributed by atoms with Crippen molar-refractivity contribution in [2.75, 3.05) is 6.61 Å². The lowest BCUT2D eigenvalue weighted by Gasteiger charge is -2.20. The summed E-state index contributed by atoms with van der Waals surface area (Å²) >= 11 is 0. The Bertz CT molecular complexity index is 558. The normalized spacial score (nSPS) is 13.6. The van der Waals surface area contributed by atoms with Crippen LogP contribution in [0.3, 0.4) is 0 Å². The van der Waals surface area contributed by atoms with Gasteiger partial charge in [0.1, 0.15) is 5.75 Å². The molecule has 0 spiro atoms. The summed E-state index contributed by atoms with van der Waals surface area (Å²) in [6.07, 6.45) is -2.34. The van der Waals surface area contributed by atoms with Crippen LogP contribution in [0.4, 0.5) is 8.78 Å². The van der Waals surface area contributed by atoms with Crippen LogP contribution in [0.1, 0.15) is 6.92 Å². The highest BCUT2D eigenvalue weighted by Gasteiger charge is 2.51. The van der Waals surface area contributed by atoms with Crippen molar-refractivity contribution in [3.05, 3.63) is 30.3 Å². The Balaban J connectivity index is 2.55. The maximum absolute atomic E-state index is 13.1. The SMILES string of the molecule is CC(OC(=O)COc1ccccc1)C(F)(F)S(=O)(=O)O. The lowest BCUT2D eigenvalue weighted by Crippen LogP contribution is -2.42. The predicted molar refractivity (Wildman–Crippen MR) is 64.0 cm³/mol. The van der Waals surface area contributed by atoms with Gasteiger partial charge in [-0.2, -0.15) is 17.2 Å². The van der Waals surface area contributed by atoms with E-state index >= 15 is 0 Å². The third-order valence-electron chi connectivity index (χ3n) is 2.23. The molecule has 0 fully saturated rings. The van der Waals surface area contributed by atoms with E-state index in [0.717, 1.165) is 0 Å². The second kappa shape index (κ2) is 6.14. The number of benzene rings is 1. The minimum Gasteiger partial charge on any atom is -0.482 e. The second-order valence-electron chi connectivity index (χ2n) is 3.77. The lowest BCUT2D eigenvalue weighted by molar-refractivity contribution is -0.161. The van der Waals surface area contributed by atoms with Gasteiger partial charge in [0.25, 0.3) is 0 Å². The van der Waals surface area contributed by atoms with E-state index in [0.29, 0.717) is 12.7 Å². The van der Waals surface area contributed by atoms with E-state index in [4.69, 9.17) is 9.29 Å². The van der Waals surface area contributed by atoms with Crippen LogP contribution < -0.4 is 4.74 Å². The highest BCUT2D eigenvalue weighted by Crippen LogP contribution is 2.27. The van der Waals surface area contributed by atoms with Crippen molar-refractivity contribution in [1.82, 2.24) is 0 Å². The van der Waals surface area contributed by atoms with Gasteiger partial charge in [0.15, 0.2) is 12.7 Å². The van der Waals surface area contributed by atoms with E-state index in [1.807, 2.05) is 0 Å². The molecule has 0 aliphatic heterocycles. The predicted octanol–water partition coefficient (Wildman–Crippen LogP) is 1.48. The Labute approximate surface area is 114 Å². The molecule has 1 atom stereocenters. The number of carbonyl (C=O) groups is 1. The van der Waals surface area contributed by atoms with Crippen molar-refractivity contribution < 1.29 is 36.0 Å². The first-order valence-corrected chi connectivity index (χ1v) is 6.81.